The summed E-state index contributed by atoms with van der Waals surface area (Å²) in [6.45, 7) is 0.952. The first-order valence-electron chi connectivity index (χ1n) is 4.97. The molecule has 0 amide bonds. The van der Waals surface area contributed by atoms with Gasteiger partial charge in [-0.3, -0.25) is 0 Å². The van der Waals surface area contributed by atoms with E-state index in [1.807, 2.05) is 18.2 Å². The van der Waals surface area contributed by atoms with Crippen molar-refractivity contribution in [2.75, 3.05) is 35.4 Å². The van der Waals surface area contributed by atoms with E-state index in [2.05, 4.69) is 21.1 Å². The van der Waals surface area contributed by atoms with Gasteiger partial charge in [-0.15, -0.1) is 0 Å². The van der Waals surface area contributed by atoms with E-state index in [9.17, 15) is 0 Å². The minimum Gasteiger partial charge on any atom is -0.497 e. The summed E-state index contributed by atoms with van der Waals surface area (Å²) in [6.07, 6.45) is 0. The van der Waals surface area contributed by atoms with Crippen molar-refractivity contribution in [3.05, 3.63) is 23.8 Å². The monoisotopic (exact) mass is 210 g/mol. The molecule has 0 spiro atoms. The van der Waals surface area contributed by atoms with E-state index >= 15 is 0 Å². The van der Waals surface area contributed by atoms with Crippen molar-refractivity contribution < 1.29 is 14.0 Å². The summed E-state index contributed by atoms with van der Waals surface area (Å²) < 4.78 is 11.3. The highest BCUT2D eigenvalue weighted by molar-refractivity contribution is 5.38. The Balaban J connectivity index is 2.97. The maximum Gasteiger partial charge on any atom is 0.123 e. The number of hydrogen-bond acceptors (Lipinski definition) is 2. The average Bonchev–Trinajstić information content (AvgIpc) is 2.14. The van der Waals surface area contributed by atoms with E-state index in [0.29, 0.717) is 0 Å². The molecule has 0 aliphatic rings. The number of nitrogens with zero attached hydrogens (tertiary/aromatic N) is 1. The number of ether oxygens (including phenoxy) is 2. The molecule has 3 nitrogen and oxygen atoms in total. The lowest BCUT2D eigenvalue weighted by molar-refractivity contribution is -0.884. The standard InChI is InChI=1S/C12H20NO2/c1-13(2,3)9-10-6-11(14-4)8-12(7-10)15-5/h6-8H,9H2,1-5H3/q+1. The minimum absolute atomic E-state index is 0.845. The van der Waals surface area contributed by atoms with Gasteiger partial charge in [0.2, 0.25) is 0 Å². The molecule has 1 aromatic carbocycles. The number of benzene rings is 1. The first-order chi connectivity index (χ1) is 6.94. The quantitative estimate of drug-likeness (QED) is 0.707. The van der Waals surface area contributed by atoms with Crippen molar-refractivity contribution in [2.45, 2.75) is 6.54 Å². The van der Waals surface area contributed by atoms with Crippen LogP contribution in [0, 0.1) is 0 Å². The molecule has 0 fully saturated rings. The smallest absolute Gasteiger partial charge is 0.123 e. The molecule has 0 bridgehead atoms. The van der Waals surface area contributed by atoms with Crippen LogP contribution >= 0.6 is 0 Å². The van der Waals surface area contributed by atoms with Crippen LogP contribution in [0.1, 0.15) is 5.56 Å². The molecule has 0 saturated heterocycles. The zero-order chi connectivity index (χ0) is 11.5. The molecule has 84 valence electrons. The molecule has 0 radical (unpaired) electrons. The lowest BCUT2D eigenvalue weighted by Crippen LogP contribution is -2.33. The molecule has 1 aromatic rings. The number of hydrogen-bond donors (Lipinski definition) is 0. The third-order valence-electron chi connectivity index (χ3n) is 2.07. The summed E-state index contributed by atoms with van der Waals surface area (Å²) >= 11 is 0. The van der Waals surface area contributed by atoms with Gasteiger partial charge >= 0.3 is 0 Å². The van der Waals surface area contributed by atoms with Crippen molar-refractivity contribution in [1.82, 2.24) is 0 Å². The Kier molecular flexibility index (Phi) is 3.58. The van der Waals surface area contributed by atoms with E-state index in [-0.39, 0.29) is 0 Å². The molecule has 1 rings (SSSR count). The van der Waals surface area contributed by atoms with Crippen LogP contribution in [0.15, 0.2) is 18.2 Å². The van der Waals surface area contributed by atoms with Crippen LogP contribution in [-0.2, 0) is 6.54 Å². The first kappa shape index (κ1) is 11.9. The van der Waals surface area contributed by atoms with Crippen LogP contribution in [0.5, 0.6) is 11.5 Å². The van der Waals surface area contributed by atoms with Crippen LogP contribution in [0.25, 0.3) is 0 Å². The van der Waals surface area contributed by atoms with Gasteiger partial charge in [-0.25, -0.2) is 0 Å². The van der Waals surface area contributed by atoms with Crippen LogP contribution in [0.4, 0.5) is 0 Å². The van der Waals surface area contributed by atoms with E-state index in [1.165, 1.54) is 5.56 Å². The molecule has 0 saturated carbocycles. The Hall–Kier alpha value is -1.22. The van der Waals surface area contributed by atoms with Crippen molar-refractivity contribution in [3.63, 3.8) is 0 Å². The van der Waals surface area contributed by atoms with Crippen molar-refractivity contribution in [1.29, 1.82) is 0 Å². The lowest BCUT2D eigenvalue weighted by atomic mass is 10.2. The van der Waals surface area contributed by atoms with Gasteiger partial charge in [0, 0.05) is 11.6 Å². The molecule has 15 heavy (non-hydrogen) atoms. The second kappa shape index (κ2) is 4.53. The molecule has 0 N–H and O–H groups in total. The normalized spacial score (nSPS) is 11.3. The summed E-state index contributed by atoms with van der Waals surface area (Å²) in [5, 5.41) is 0. The zero-order valence-electron chi connectivity index (χ0n) is 10.2. The third kappa shape index (κ3) is 3.80. The van der Waals surface area contributed by atoms with Crippen LogP contribution in [-0.4, -0.2) is 39.8 Å². The van der Waals surface area contributed by atoms with E-state index in [1.54, 1.807) is 14.2 Å². The molecule has 0 unspecified atom stereocenters. The Labute approximate surface area is 91.8 Å². The molecule has 0 heterocycles. The van der Waals surface area contributed by atoms with E-state index in [0.717, 1.165) is 22.5 Å². The molecule has 0 aromatic heterocycles. The van der Waals surface area contributed by atoms with Gasteiger partial charge in [-0.05, 0) is 12.1 Å². The predicted molar refractivity (Wildman–Crippen MR) is 61.3 cm³/mol. The van der Waals surface area contributed by atoms with Crippen LogP contribution in [0.2, 0.25) is 0 Å². The van der Waals surface area contributed by atoms with Gasteiger partial charge in [0.25, 0.3) is 0 Å². The third-order valence-corrected chi connectivity index (χ3v) is 2.07. The summed E-state index contributed by atoms with van der Waals surface area (Å²) in [5.74, 6) is 1.69. The van der Waals surface area contributed by atoms with Gasteiger partial charge < -0.3 is 14.0 Å². The second-order valence-corrected chi connectivity index (χ2v) is 4.67. The molecular weight excluding hydrogens is 190 g/mol. The highest BCUT2D eigenvalue weighted by atomic mass is 16.5. The second-order valence-electron chi connectivity index (χ2n) is 4.67. The summed E-state index contributed by atoms with van der Waals surface area (Å²) in [5.41, 5.74) is 1.22. The Morgan fingerprint density at radius 1 is 0.933 bits per heavy atom. The summed E-state index contributed by atoms with van der Waals surface area (Å²) in [6, 6.07) is 5.98. The number of methoxy groups -OCH3 is 2. The molecule has 0 aliphatic heterocycles. The SMILES string of the molecule is COc1cc(C[N+](C)(C)C)cc(OC)c1. The lowest BCUT2D eigenvalue weighted by Gasteiger charge is -2.24. The Morgan fingerprint density at radius 2 is 1.40 bits per heavy atom. The maximum atomic E-state index is 5.22. The first-order valence-corrected chi connectivity index (χ1v) is 4.97. The largest absolute Gasteiger partial charge is 0.497 e. The highest BCUT2D eigenvalue weighted by Crippen LogP contribution is 2.23. The van der Waals surface area contributed by atoms with Crippen molar-refractivity contribution in [3.8, 4) is 11.5 Å². The number of quaternary nitrogens is 1. The minimum atomic E-state index is 0.845. The van der Waals surface area contributed by atoms with Crippen molar-refractivity contribution in [2.24, 2.45) is 0 Å². The van der Waals surface area contributed by atoms with Gasteiger partial charge in [0.1, 0.15) is 18.0 Å². The summed E-state index contributed by atoms with van der Waals surface area (Å²) in [7, 11) is 9.82. The summed E-state index contributed by atoms with van der Waals surface area (Å²) in [4.78, 5) is 0. The predicted octanol–water partition coefficient (Wildman–Crippen LogP) is 1.91. The fraction of sp³-hybridized carbons (Fsp3) is 0.500. The fourth-order valence-electron chi connectivity index (χ4n) is 1.51. The van der Waals surface area contributed by atoms with Gasteiger partial charge in [-0.2, -0.15) is 0 Å². The Bertz CT molecular complexity index is 307. The van der Waals surface area contributed by atoms with Crippen LogP contribution < -0.4 is 9.47 Å². The zero-order valence-corrected chi connectivity index (χ0v) is 10.2. The maximum absolute atomic E-state index is 5.22. The van der Waals surface area contributed by atoms with Gasteiger partial charge in [-0.1, -0.05) is 0 Å². The molecule has 0 aliphatic carbocycles. The Morgan fingerprint density at radius 3 is 1.73 bits per heavy atom. The van der Waals surface area contributed by atoms with Gasteiger partial charge in [0.05, 0.1) is 35.4 Å². The van der Waals surface area contributed by atoms with E-state index < -0.39 is 0 Å². The fourth-order valence-corrected chi connectivity index (χ4v) is 1.51. The van der Waals surface area contributed by atoms with Gasteiger partial charge in [0.15, 0.2) is 0 Å². The van der Waals surface area contributed by atoms with E-state index in [4.69, 9.17) is 9.47 Å². The average molecular weight is 210 g/mol. The molecular formula is C12H20NO2+. The van der Waals surface area contributed by atoms with Crippen molar-refractivity contribution >= 4 is 0 Å². The topological polar surface area (TPSA) is 18.5 Å². The molecule has 3 heteroatoms. The van der Waals surface area contributed by atoms with Crippen LogP contribution in [0.3, 0.4) is 0 Å². The number of rotatable bonds is 4. The molecule has 0 atom stereocenters. The highest BCUT2D eigenvalue weighted by Gasteiger charge is 2.10.